The van der Waals surface area contributed by atoms with Gasteiger partial charge in [-0.25, -0.2) is 0 Å². The number of likely N-dealkylation sites (tertiary alicyclic amines) is 1. The number of hydrogen-bond donors (Lipinski definition) is 1. The third kappa shape index (κ3) is 2.48. The van der Waals surface area contributed by atoms with Gasteiger partial charge in [0.15, 0.2) is 0 Å². The van der Waals surface area contributed by atoms with Gasteiger partial charge < -0.3 is 10.6 Å². The van der Waals surface area contributed by atoms with Crippen LogP contribution in [0.5, 0.6) is 0 Å². The van der Waals surface area contributed by atoms with Crippen molar-refractivity contribution >= 4 is 5.69 Å². The SMILES string of the molecule is Nc1cnn(CCN2CCCCC2)c1. The molecule has 0 aliphatic carbocycles. The predicted molar refractivity (Wildman–Crippen MR) is 56.9 cm³/mol. The van der Waals surface area contributed by atoms with Crippen molar-refractivity contribution < 1.29 is 0 Å². The van der Waals surface area contributed by atoms with E-state index in [-0.39, 0.29) is 0 Å². The normalized spacial score (nSPS) is 18.6. The fraction of sp³-hybridized carbons (Fsp3) is 0.700. The van der Waals surface area contributed by atoms with Gasteiger partial charge in [-0.15, -0.1) is 0 Å². The van der Waals surface area contributed by atoms with Crippen molar-refractivity contribution in [2.24, 2.45) is 0 Å². The number of piperidine rings is 1. The van der Waals surface area contributed by atoms with E-state index in [1.54, 1.807) is 6.20 Å². The van der Waals surface area contributed by atoms with Crippen LogP contribution in [-0.4, -0.2) is 34.3 Å². The lowest BCUT2D eigenvalue weighted by Gasteiger charge is -2.26. The number of aromatic nitrogens is 2. The summed E-state index contributed by atoms with van der Waals surface area (Å²) >= 11 is 0. The maximum Gasteiger partial charge on any atom is 0.0719 e. The molecule has 1 fully saturated rings. The van der Waals surface area contributed by atoms with E-state index in [0.717, 1.165) is 18.8 Å². The molecule has 0 radical (unpaired) electrons. The first-order valence-corrected chi connectivity index (χ1v) is 5.35. The van der Waals surface area contributed by atoms with Crippen molar-refractivity contribution in [3.63, 3.8) is 0 Å². The summed E-state index contributed by atoms with van der Waals surface area (Å²) in [5.74, 6) is 0. The summed E-state index contributed by atoms with van der Waals surface area (Å²) < 4.78 is 1.92. The molecule has 2 heterocycles. The quantitative estimate of drug-likeness (QED) is 0.779. The number of nitrogens with two attached hydrogens (primary N) is 1. The average Bonchev–Trinajstić information content (AvgIpc) is 2.63. The van der Waals surface area contributed by atoms with Gasteiger partial charge in [-0.05, 0) is 25.9 Å². The van der Waals surface area contributed by atoms with E-state index in [9.17, 15) is 0 Å². The fourth-order valence-corrected chi connectivity index (χ4v) is 1.93. The molecule has 0 spiro atoms. The Morgan fingerprint density at radius 2 is 2.00 bits per heavy atom. The summed E-state index contributed by atoms with van der Waals surface area (Å²) in [5, 5.41) is 4.17. The van der Waals surface area contributed by atoms with Crippen LogP contribution < -0.4 is 5.73 Å². The van der Waals surface area contributed by atoms with E-state index in [2.05, 4.69) is 10.00 Å². The summed E-state index contributed by atoms with van der Waals surface area (Å²) in [7, 11) is 0. The smallest absolute Gasteiger partial charge is 0.0719 e. The molecule has 4 heteroatoms. The van der Waals surface area contributed by atoms with Crippen molar-refractivity contribution in [3.8, 4) is 0 Å². The van der Waals surface area contributed by atoms with E-state index < -0.39 is 0 Å². The minimum Gasteiger partial charge on any atom is -0.396 e. The number of anilines is 1. The molecular weight excluding hydrogens is 176 g/mol. The third-order valence-corrected chi connectivity index (χ3v) is 2.75. The van der Waals surface area contributed by atoms with Crippen LogP contribution in [0.1, 0.15) is 19.3 Å². The van der Waals surface area contributed by atoms with Crippen LogP contribution in [-0.2, 0) is 6.54 Å². The molecule has 2 rings (SSSR count). The summed E-state index contributed by atoms with van der Waals surface area (Å²) in [4.78, 5) is 2.50. The Morgan fingerprint density at radius 3 is 2.64 bits per heavy atom. The topological polar surface area (TPSA) is 47.1 Å². The lowest BCUT2D eigenvalue weighted by atomic mass is 10.1. The Morgan fingerprint density at radius 1 is 1.21 bits per heavy atom. The van der Waals surface area contributed by atoms with Gasteiger partial charge >= 0.3 is 0 Å². The fourth-order valence-electron chi connectivity index (χ4n) is 1.93. The lowest BCUT2D eigenvalue weighted by molar-refractivity contribution is 0.218. The molecule has 1 aliphatic heterocycles. The molecular formula is C10H18N4. The minimum atomic E-state index is 0.753. The Labute approximate surface area is 84.7 Å². The first-order valence-electron chi connectivity index (χ1n) is 5.35. The zero-order valence-electron chi connectivity index (χ0n) is 8.52. The summed E-state index contributed by atoms with van der Waals surface area (Å²) in [6, 6.07) is 0. The Balaban J connectivity index is 1.76. The predicted octanol–water partition coefficient (Wildman–Crippen LogP) is 0.951. The van der Waals surface area contributed by atoms with Gasteiger partial charge in [0, 0.05) is 12.7 Å². The van der Waals surface area contributed by atoms with E-state index >= 15 is 0 Å². The van der Waals surface area contributed by atoms with Gasteiger partial charge in [-0.2, -0.15) is 5.10 Å². The van der Waals surface area contributed by atoms with Crippen LogP contribution in [0.15, 0.2) is 12.4 Å². The van der Waals surface area contributed by atoms with Crippen molar-refractivity contribution in [3.05, 3.63) is 12.4 Å². The van der Waals surface area contributed by atoms with Gasteiger partial charge in [-0.3, -0.25) is 4.68 Å². The highest BCUT2D eigenvalue weighted by molar-refractivity contribution is 5.30. The van der Waals surface area contributed by atoms with Crippen molar-refractivity contribution in [1.29, 1.82) is 0 Å². The summed E-state index contributed by atoms with van der Waals surface area (Å²) in [6.45, 7) is 4.55. The first-order chi connectivity index (χ1) is 6.84. The largest absolute Gasteiger partial charge is 0.396 e. The molecule has 1 aromatic rings. The number of rotatable bonds is 3. The van der Waals surface area contributed by atoms with Crippen LogP contribution in [0.3, 0.4) is 0 Å². The Bertz CT molecular complexity index is 275. The lowest BCUT2D eigenvalue weighted by Crippen LogP contribution is -2.32. The highest BCUT2D eigenvalue weighted by atomic mass is 15.3. The molecule has 0 atom stereocenters. The highest BCUT2D eigenvalue weighted by Crippen LogP contribution is 2.08. The Hall–Kier alpha value is -1.03. The van der Waals surface area contributed by atoms with Crippen LogP contribution in [0, 0.1) is 0 Å². The molecule has 4 nitrogen and oxygen atoms in total. The zero-order valence-corrected chi connectivity index (χ0v) is 8.52. The molecule has 78 valence electrons. The van der Waals surface area contributed by atoms with E-state index in [4.69, 9.17) is 5.73 Å². The molecule has 0 saturated carbocycles. The number of nitrogens with zero attached hydrogens (tertiary/aromatic N) is 3. The molecule has 1 aromatic heterocycles. The van der Waals surface area contributed by atoms with Crippen molar-refractivity contribution in [2.75, 3.05) is 25.4 Å². The molecule has 2 N–H and O–H groups in total. The van der Waals surface area contributed by atoms with Gasteiger partial charge in [0.2, 0.25) is 0 Å². The summed E-state index contributed by atoms with van der Waals surface area (Å²) in [6.07, 6.45) is 7.69. The molecule has 14 heavy (non-hydrogen) atoms. The van der Waals surface area contributed by atoms with Crippen molar-refractivity contribution in [2.45, 2.75) is 25.8 Å². The van der Waals surface area contributed by atoms with Gasteiger partial charge in [0.05, 0.1) is 18.4 Å². The van der Waals surface area contributed by atoms with Crippen LogP contribution in [0.25, 0.3) is 0 Å². The van der Waals surface area contributed by atoms with E-state index in [1.165, 1.54) is 32.4 Å². The second-order valence-corrected chi connectivity index (χ2v) is 3.94. The minimum absolute atomic E-state index is 0.753. The van der Waals surface area contributed by atoms with Crippen molar-refractivity contribution in [1.82, 2.24) is 14.7 Å². The van der Waals surface area contributed by atoms with Crippen LogP contribution in [0.4, 0.5) is 5.69 Å². The second-order valence-electron chi connectivity index (χ2n) is 3.94. The van der Waals surface area contributed by atoms with E-state index in [1.807, 2.05) is 10.9 Å². The average molecular weight is 194 g/mol. The van der Waals surface area contributed by atoms with Crippen LogP contribution >= 0.6 is 0 Å². The second kappa shape index (κ2) is 4.46. The third-order valence-electron chi connectivity index (χ3n) is 2.75. The molecule has 0 bridgehead atoms. The van der Waals surface area contributed by atoms with Crippen LogP contribution in [0.2, 0.25) is 0 Å². The van der Waals surface area contributed by atoms with E-state index in [0.29, 0.717) is 0 Å². The molecule has 0 aromatic carbocycles. The van der Waals surface area contributed by atoms with Gasteiger partial charge in [0.1, 0.15) is 0 Å². The number of nitrogen functional groups attached to an aromatic ring is 1. The highest BCUT2D eigenvalue weighted by Gasteiger charge is 2.09. The molecule has 1 saturated heterocycles. The molecule has 0 amide bonds. The maximum atomic E-state index is 5.59. The summed E-state index contributed by atoms with van der Waals surface area (Å²) in [5.41, 5.74) is 6.34. The monoisotopic (exact) mass is 194 g/mol. The zero-order chi connectivity index (χ0) is 9.80. The number of hydrogen-bond acceptors (Lipinski definition) is 3. The first kappa shape index (κ1) is 9.52. The Kier molecular flexibility index (Phi) is 3.03. The maximum absolute atomic E-state index is 5.59. The molecule has 0 unspecified atom stereocenters. The standard InChI is InChI=1S/C10H18N4/c11-10-8-12-14(9-10)7-6-13-4-2-1-3-5-13/h8-9H,1-7,11H2. The van der Waals surface area contributed by atoms with Gasteiger partial charge in [0.25, 0.3) is 0 Å². The molecule has 1 aliphatic rings. The van der Waals surface area contributed by atoms with Gasteiger partial charge in [-0.1, -0.05) is 6.42 Å².